The first-order valence-corrected chi connectivity index (χ1v) is 4.28. The lowest BCUT2D eigenvalue weighted by molar-refractivity contribution is 0.149. The standard InChI is InChI=1S/C7H9BClNO3/c1-13-7-6-5(8(11)12)2-4(9)3-10(6)7/h2-3,6-7,11-12H,1H3/t6-,7?,10?/m1/s1. The summed E-state index contributed by atoms with van der Waals surface area (Å²) >= 11 is 5.76. The summed E-state index contributed by atoms with van der Waals surface area (Å²) in [6.45, 7) is 0. The van der Waals surface area contributed by atoms with Gasteiger partial charge in [-0.05, 0) is 11.5 Å². The fraction of sp³-hybridized carbons (Fsp3) is 0.429. The van der Waals surface area contributed by atoms with Crippen LogP contribution in [0, 0.1) is 0 Å². The smallest absolute Gasteiger partial charge is 0.423 e. The maximum absolute atomic E-state index is 9.02. The molecule has 0 aromatic rings. The number of hydrogen-bond acceptors (Lipinski definition) is 4. The van der Waals surface area contributed by atoms with Gasteiger partial charge < -0.3 is 19.7 Å². The predicted octanol–water partition coefficient (Wildman–Crippen LogP) is -0.325. The lowest BCUT2D eigenvalue weighted by Crippen LogP contribution is -2.23. The van der Waals surface area contributed by atoms with Gasteiger partial charge in [-0.15, -0.1) is 0 Å². The molecule has 2 rings (SSSR count). The Morgan fingerprint density at radius 1 is 1.62 bits per heavy atom. The van der Waals surface area contributed by atoms with E-state index in [1.165, 1.54) is 0 Å². The lowest BCUT2D eigenvalue weighted by atomic mass is 9.76. The monoisotopic (exact) mass is 201 g/mol. The lowest BCUT2D eigenvalue weighted by Gasteiger charge is -2.08. The quantitative estimate of drug-likeness (QED) is 0.475. The van der Waals surface area contributed by atoms with Gasteiger partial charge in [0.15, 0.2) is 6.23 Å². The predicted molar refractivity (Wildman–Crippen MR) is 48.6 cm³/mol. The second kappa shape index (κ2) is 3.03. The molecule has 70 valence electrons. The van der Waals surface area contributed by atoms with Gasteiger partial charge in [-0.1, -0.05) is 11.6 Å². The highest BCUT2D eigenvalue weighted by Gasteiger charge is 2.52. The Labute approximate surface area is 81.2 Å². The minimum absolute atomic E-state index is 0.0625. The Balaban J connectivity index is 2.23. The van der Waals surface area contributed by atoms with E-state index in [2.05, 4.69) is 0 Å². The molecule has 1 fully saturated rings. The zero-order valence-electron chi connectivity index (χ0n) is 7.01. The summed E-state index contributed by atoms with van der Waals surface area (Å²) in [6.07, 6.45) is 3.18. The first kappa shape index (κ1) is 9.08. The molecule has 0 aromatic heterocycles. The van der Waals surface area contributed by atoms with E-state index in [0.717, 1.165) is 0 Å². The van der Waals surface area contributed by atoms with Crippen LogP contribution in [0.1, 0.15) is 0 Å². The Morgan fingerprint density at radius 2 is 2.31 bits per heavy atom. The van der Waals surface area contributed by atoms with Gasteiger partial charge in [0.1, 0.15) is 0 Å². The van der Waals surface area contributed by atoms with Crippen molar-refractivity contribution in [2.45, 2.75) is 12.3 Å². The number of halogens is 1. The molecule has 0 aliphatic carbocycles. The zero-order chi connectivity index (χ0) is 9.59. The van der Waals surface area contributed by atoms with Crippen LogP contribution >= 0.6 is 11.6 Å². The summed E-state index contributed by atoms with van der Waals surface area (Å²) in [6, 6.07) is -0.0625. The van der Waals surface area contributed by atoms with Crippen LogP contribution in [0.25, 0.3) is 0 Å². The Bertz CT molecular complexity index is 291. The molecule has 0 aromatic carbocycles. The average molecular weight is 201 g/mol. The molecule has 4 nitrogen and oxygen atoms in total. The minimum atomic E-state index is -1.46. The molecule has 2 heterocycles. The Hall–Kier alpha value is -0.485. The highest BCUT2D eigenvalue weighted by Crippen LogP contribution is 2.40. The first-order chi connectivity index (χ1) is 6.15. The molecule has 2 aliphatic heterocycles. The normalized spacial score (nSPS) is 30.6. The van der Waals surface area contributed by atoms with E-state index in [1.54, 1.807) is 19.4 Å². The summed E-state index contributed by atoms with van der Waals surface area (Å²) < 4.78 is 5.10. The highest BCUT2D eigenvalue weighted by atomic mass is 35.5. The van der Waals surface area contributed by atoms with Crippen LogP contribution in [-0.4, -0.2) is 41.4 Å². The molecular formula is C7H9BClNO3. The number of fused-ring (bicyclic) bond motifs is 1. The summed E-state index contributed by atoms with van der Waals surface area (Å²) in [7, 11) is 0.113. The molecule has 0 radical (unpaired) electrons. The van der Waals surface area contributed by atoms with Gasteiger partial charge in [0.05, 0.1) is 11.1 Å². The van der Waals surface area contributed by atoms with E-state index in [0.29, 0.717) is 10.5 Å². The van der Waals surface area contributed by atoms with Gasteiger partial charge in [0.25, 0.3) is 0 Å². The van der Waals surface area contributed by atoms with Crippen molar-refractivity contribution in [3.8, 4) is 0 Å². The van der Waals surface area contributed by atoms with Gasteiger partial charge in [-0.3, -0.25) is 0 Å². The van der Waals surface area contributed by atoms with Crippen molar-refractivity contribution >= 4 is 18.7 Å². The Morgan fingerprint density at radius 3 is 2.85 bits per heavy atom. The maximum Gasteiger partial charge on any atom is 0.486 e. The van der Waals surface area contributed by atoms with E-state index in [-0.39, 0.29) is 12.3 Å². The number of ether oxygens (including phenoxy) is 1. The molecule has 0 saturated carbocycles. The summed E-state index contributed by atoms with van der Waals surface area (Å²) in [4.78, 5) is 1.83. The van der Waals surface area contributed by atoms with Crippen molar-refractivity contribution < 1.29 is 14.8 Å². The summed E-state index contributed by atoms with van der Waals surface area (Å²) in [5.41, 5.74) is 0.486. The SMILES string of the molecule is COC1[C@H]2C(B(O)O)=CC(Cl)=CN12. The molecule has 1 unspecified atom stereocenters. The van der Waals surface area contributed by atoms with Crippen LogP contribution in [0.4, 0.5) is 0 Å². The van der Waals surface area contributed by atoms with Crippen molar-refractivity contribution in [1.82, 2.24) is 4.90 Å². The topological polar surface area (TPSA) is 52.7 Å². The highest BCUT2D eigenvalue weighted by molar-refractivity contribution is 6.52. The van der Waals surface area contributed by atoms with Gasteiger partial charge >= 0.3 is 7.12 Å². The molecule has 0 amide bonds. The molecule has 0 bridgehead atoms. The van der Waals surface area contributed by atoms with Crippen LogP contribution in [0.2, 0.25) is 0 Å². The second-order valence-corrected chi connectivity index (χ2v) is 3.49. The molecule has 0 spiro atoms. The summed E-state index contributed by atoms with van der Waals surface area (Å²) in [5, 5.41) is 18.5. The fourth-order valence-electron chi connectivity index (χ4n) is 1.62. The minimum Gasteiger partial charge on any atom is -0.423 e. The first-order valence-electron chi connectivity index (χ1n) is 3.90. The fourth-order valence-corrected chi connectivity index (χ4v) is 1.86. The second-order valence-electron chi connectivity index (χ2n) is 3.05. The largest absolute Gasteiger partial charge is 0.486 e. The van der Waals surface area contributed by atoms with E-state index in [1.807, 2.05) is 4.90 Å². The molecule has 1 saturated heterocycles. The van der Waals surface area contributed by atoms with Crippen LogP contribution in [0.15, 0.2) is 22.8 Å². The summed E-state index contributed by atoms with van der Waals surface area (Å²) in [5.74, 6) is 0. The van der Waals surface area contributed by atoms with Gasteiger partial charge in [0.2, 0.25) is 0 Å². The van der Waals surface area contributed by atoms with Gasteiger partial charge in [0, 0.05) is 13.3 Å². The average Bonchev–Trinajstić information content (AvgIpc) is 2.75. The zero-order valence-corrected chi connectivity index (χ0v) is 7.77. The number of nitrogens with zero attached hydrogens (tertiary/aromatic N) is 1. The van der Waals surface area contributed by atoms with Crippen molar-refractivity contribution in [3.05, 3.63) is 22.8 Å². The van der Waals surface area contributed by atoms with E-state index in [9.17, 15) is 0 Å². The van der Waals surface area contributed by atoms with Crippen LogP contribution in [-0.2, 0) is 4.74 Å². The van der Waals surface area contributed by atoms with Gasteiger partial charge in [-0.2, -0.15) is 0 Å². The molecule has 13 heavy (non-hydrogen) atoms. The molecule has 2 atom stereocenters. The van der Waals surface area contributed by atoms with Crippen molar-refractivity contribution in [2.75, 3.05) is 7.11 Å². The van der Waals surface area contributed by atoms with Gasteiger partial charge in [-0.25, -0.2) is 0 Å². The molecule has 2 N–H and O–H groups in total. The van der Waals surface area contributed by atoms with E-state index >= 15 is 0 Å². The van der Waals surface area contributed by atoms with Crippen molar-refractivity contribution in [2.24, 2.45) is 0 Å². The molecular weight excluding hydrogens is 192 g/mol. The maximum atomic E-state index is 9.02. The van der Waals surface area contributed by atoms with Crippen LogP contribution in [0.5, 0.6) is 0 Å². The van der Waals surface area contributed by atoms with E-state index in [4.69, 9.17) is 26.4 Å². The number of methoxy groups -OCH3 is 1. The molecule has 6 heteroatoms. The third-order valence-corrected chi connectivity index (χ3v) is 2.46. The van der Waals surface area contributed by atoms with Crippen molar-refractivity contribution in [1.29, 1.82) is 0 Å². The third-order valence-electron chi connectivity index (χ3n) is 2.25. The Kier molecular flexibility index (Phi) is 2.11. The number of rotatable bonds is 2. The van der Waals surface area contributed by atoms with Crippen LogP contribution in [0.3, 0.4) is 0 Å². The third kappa shape index (κ3) is 1.38. The number of hydrogen-bond donors (Lipinski definition) is 2. The van der Waals surface area contributed by atoms with Crippen molar-refractivity contribution in [3.63, 3.8) is 0 Å². The van der Waals surface area contributed by atoms with Crippen LogP contribution < -0.4 is 0 Å². The molecule has 2 aliphatic rings. The number of allylic oxidation sites excluding steroid dienone is 2. The van der Waals surface area contributed by atoms with E-state index < -0.39 is 7.12 Å².